The Bertz CT molecular complexity index is 462. The quantitative estimate of drug-likeness (QED) is 0.488. The molecule has 1 fully saturated rings. The first-order valence-electron chi connectivity index (χ1n) is 6.62. The number of aliphatic hydroxyl groups is 1. The molecular weight excluding hydrogens is 244 g/mol. The van der Waals surface area contributed by atoms with Crippen LogP contribution < -0.4 is 11.1 Å². The highest BCUT2D eigenvalue weighted by molar-refractivity contribution is 5.95. The predicted molar refractivity (Wildman–Crippen MR) is 72.8 cm³/mol. The largest absolute Gasteiger partial charge is 0.506 e. The number of carbonyl (C=O) groups is 1. The predicted octanol–water partition coefficient (Wildman–Crippen LogP) is 1.26. The fraction of sp³-hybridized carbons (Fsp3) is 0.500. The second-order valence-corrected chi connectivity index (χ2v) is 5.10. The third kappa shape index (κ3) is 3.38. The van der Waals surface area contributed by atoms with Gasteiger partial charge in [0.15, 0.2) is 0 Å². The zero-order valence-electron chi connectivity index (χ0n) is 10.8. The molecule has 0 heterocycles. The van der Waals surface area contributed by atoms with Gasteiger partial charge in [-0.25, -0.2) is 0 Å². The fourth-order valence-corrected chi connectivity index (χ4v) is 2.44. The summed E-state index contributed by atoms with van der Waals surface area (Å²) in [5, 5.41) is 22.1. The first-order valence-corrected chi connectivity index (χ1v) is 6.62. The number of benzene rings is 1. The second-order valence-electron chi connectivity index (χ2n) is 5.10. The molecule has 1 aromatic rings. The third-order valence-corrected chi connectivity index (χ3v) is 3.69. The van der Waals surface area contributed by atoms with Gasteiger partial charge in [-0.1, -0.05) is 12.8 Å². The van der Waals surface area contributed by atoms with Crippen molar-refractivity contribution in [2.24, 2.45) is 5.92 Å². The van der Waals surface area contributed by atoms with E-state index in [1.165, 1.54) is 12.1 Å². The van der Waals surface area contributed by atoms with Crippen molar-refractivity contribution in [2.75, 3.05) is 12.3 Å². The zero-order valence-corrected chi connectivity index (χ0v) is 10.8. The van der Waals surface area contributed by atoms with Crippen LogP contribution in [0.4, 0.5) is 5.69 Å². The lowest BCUT2D eigenvalue weighted by Gasteiger charge is -2.27. The molecule has 104 valence electrons. The van der Waals surface area contributed by atoms with E-state index in [2.05, 4.69) is 5.32 Å². The van der Waals surface area contributed by atoms with Gasteiger partial charge in [-0.15, -0.1) is 0 Å². The van der Waals surface area contributed by atoms with Gasteiger partial charge in [0.05, 0.1) is 11.8 Å². The highest BCUT2D eigenvalue weighted by Gasteiger charge is 2.23. The number of nitrogen functional groups attached to an aromatic ring is 1. The summed E-state index contributed by atoms with van der Waals surface area (Å²) in [4.78, 5) is 11.9. The number of carbonyl (C=O) groups excluding carboxylic acids is 1. The van der Waals surface area contributed by atoms with E-state index >= 15 is 0 Å². The van der Waals surface area contributed by atoms with E-state index in [9.17, 15) is 15.0 Å². The minimum Gasteiger partial charge on any atom is -0.506 e. The smallest absolute Gasteiger partial charge is 0.251 e. The van der Waals surface area contributed by atoms with Crippen LogP contribution in [0.3, 0.4) is 0 Å². The SMILES string of the molecule is Nc1ccc(C(=O)NCC2CCCCC2O)cc1O. The summed E-state index contributed by atoms with van der Waals surface area (Å²) in [6, 6.07) is 4.42. The van der Waals surface area contributed by atoms with Gasteiger partial charge in [0.1, 0.15) is 5.75 Å². The number of phenolic OH excluding ortho intramolecular Hbond substituents is 1. The number of aromatic hydroxyl groups is 1. The molecule has 0 aromatic heterocycles. The van der Waals surface area contributed by atoms with Crippen molar-refractivity contribution in [3.8, 4) is 5.75 Å². The molecule has 1 aromatic carbocycles. The number of phenols is 1. The molecular formula is C14H20N2O3. The lowest BCUT2D eigenvalue weighted by molar-refractivity contribution is 0.0663. The molecule has 5 heteroatoms. The van der Waals surface area contributed by atoms with Crippen molar-refractivity contribution in [2.45, 2.75) is 31.8 Å². The van der Waals surface area contributed by atoms with E-state index in [0.717, 1.165) is 25.7 Å². The lowest BCUT2D eigenvalue weighted by Crippen LogP contribution is -2.36. The maximum atomic E-state index is 11.9. The Kier molecular flexibility index (Phi) is 4.27. The van der Waals surface area contributed by atoms with Crippen LogP contribution in [0.15, 0.2) is 18.2 Å². The zero-order chi connectivity index (χ0) is 13.8. The summed E-state index contributed by atoms with van der Waals surface area (Å²) >= 11 is 0. The number of amides is 1. The molecule has 2 rings (SSSR count). The fourth-order valence-electron chi connectivity index (χ4n) is 2.44. The Morgan fingerprint density at radius 1 is 1.37 bits per heavy atom. The van der Waals surface area contributed by atoms with Gasteiger partial charge < -0.3 is 21.3 Å². The van der Waals surface area contributed by atoms with Crippen molar-refractivity contribution >= 4 is 11.6 Å². The van der Waals surface area contributed by atoms with Crippen molar-refractivity contribution in [1.29, 1.82) is 0 Å². The molecule has 1 amide bonds. The van der Waals surface area contributed by atoms with Crippen molar-refractivity contribution in [1.82, 2.24) is 5.32 Å². The third-order valence-electron chi connectivity index (χ3n) is 3.69. The molecule has 1 aliphatic rings. The number of anilines is 1. The van der Waals surface area contributed by atoms with Gasteiger partial charge in [0.2, 0.25) is 0 Å². The number of nitrogens with one attached hydrogen (secondary N) is 1. The molecule has 0 bridgehead atoms. The van der Waals surface area contributed by atoms with Crippen molar-refractivity contribution < 1.29 is 15.0 Å². The highest BCUT2D eigenvalue weighted by Crippen LogP contribution is 2.24. The second kappa shape index (κ2) is 5.93. The van der Waals surface area contributed by atoms with Crippen LogP contribution in [0.2, 0.25) is 0 Å². The summed E-state index contributed by atoms with van der Waals surface area (Å²) in [6.07, 6.45) is 3.57. The highest BCUT2D eigenvalue weighted by atomic mass is 16.3. The Morgan fingerprint density at radius 3 is 2.79 bits per heavy atom. The van der Waals surface area contributed by atoms with Crippen LogP contribution in [-0.4, -0.2) is 28.8 Å². The average molecular weight is 264 g/mol. The van der Waals surface area contributed by atoms with Crippen molar-refractivity contribution in [3.63, 3.8) is 0 Å². The molecule has 19 heavy (non-hydrogen) atoms. The molecule has 5 N–H and O–H groups in total. The maximum Gasteiger partial charge on any atom is 0.251 e. The standard InChI is InChI=1S/C14H20N2O3/c15-11-6-5-9(7-13(11)18)14(19)16-8-10-3-1-2-4-12(10)17/h5-7,10,12,17-18H,1-4,8,15H2,(H,16,19). The molecule has 1 saturated carbocycles. The summed E-state index contributed by atoms with van der Waals surface area (Å²) < 4.78 is 0. The summed E-state index contributed by atoms with van der Waals surface area (Å²) in [5.41, 5.74) is 6.10. The van der Waals surface area contributed by atoms with E-state index in [-0.39, 0.29) is 29.4 Å². The van der Waals surface area contributed by atoms with E-state index in [0.29, 0.717) is 12.1 Å². The van der Waals surface area contributed by atoms with Gasteiger partial charge >= 0.3 is 0 Å². The van der Waals surface area contributed by atoms with E-state index < -0.39 is 0 Å². The van der Waals surface area contributed by atoms with E-state index in [1.807, 2.05) is 0 Å². The number of rotatable bonds is 3. The van der Waals surface area contributed by atoms with Crippen LogP contribution in [-0.2, 0) is 0 Å². The summed E-state index contributed by atoms with van der Waals surface area (Å²) in [6.45, 7) is 0.463. The minimum atomic E-state index is -0.325. The maximum absolute atomic E-state index is 11.9. The molecule has 0 aliphatic heterocycles. The molecule has 0 radical (unpaired) electrons. The first-order chi connectivity index (χ1) is 9.08. The molecule has 2 unspecified atom stereocenters. The number of aliphatic hydroxyl groups excluding tert-OH is 1. The van der Waals surface area contributed by atoms with E-state index in [4.69, 9.17) is 5.73 Å². The Balaban J connectivity index is 1.91. The first kappa shape index (κ1) is 13.7. The van der Waals surface area contributed by atoms with Crippen molar-refractivity contribution in [3.05, 3.63) is 23.8 Å². The Hall–Kier alpha value is -1.75. The normalized spacial score (nSPS) is 23.0. The Labute approximate surface area is 112 Å². The molecule has 0 spiro atoms. The lowest BCUT2D eigenvalue weighted by atomic mass is 9.86. The van der Waals surface area contributed by atoms with Gasteiger partial charge in [0, 0.05) is 18.0 Å². The summed E-state index contributed by atoms with van der Waals surface area (Å²) in [5.74, 6) is -0.224. The average Bonchev–Trinajstić information content (AvgIpc) is 2.40. The van der Waals surface area contributed by atoms with Gasteiger partial charge in [0.25, 0.3) is 5.91 Å². The van der Waals surface area contributed by atoms with Crippen LogP contribution in [0, 0.1) is 5.92 Å². The Morgan fingerprint density at radius 2 is 2.11 bits per heavy atom. The monoisotopic (exact) mass is 264 g/mol. The molecule has 1 aliphatic carbocycles. The number of hydrogen-bond acceptors (Lipinski definition) is 4. The van der Waals surface area contributed by atoms with E-state index in [1.54, 1.807) is 6.07 Å². The van der Waals surface area contributed by atoms with Gasteiger partial charge in [-0.2, -0.15) is 0 Å². The van der Waals surface area contributed by atoms with Crippen LogP contribution in [0.1, 0.15) is 36.0 Å². The van der Waals surface area contributed by atoms with Crippen LogP contribution >= 0.6 is 0 Å². The molecule has 5 nitrogen and oxygen atoms in total. The van der Waals surface area contributed by atoms with Crippen LogP contribution in [0.25, 0.3) is 0 Å². The number of hydrogen-bond donors (Lipinski definition) is 4. The summed E-state index contributed by atoms with van der Waals surface area (Å²) in [7, 11) is 0. The topological polar surface area (TPSA) is 95.6 Å². The number of nitrogens with two attached hydrogens (primary N) is 1. The molecule has 2 atom stereocenters. The van der Waals surface area contributed by atoms with Gasteiger partial charge in [-0.3, -0.25) is 4.79 Å². The molecule has 0 saturated heterocycles. The van der Waals surface area contributed by atoms with Crippen LogP contribution in [0.5, 0.6) is 5.75 Å². The van der Waals surface area contributed by atoms with Gasteiger partial charge in [-0.05, 0) is 31.0 Å². The minimum absolute atomic E-state index is 0.0923.